The minimum Gasteiger partial charge on any atom is -0.458 e. The fraction of sp³-hybridized carbons (Fsp3) is 0.158. The maximum Gasteiger partial charge on any atom is 0.385 e. The summed E-state index contributed by atoms with van der Waals surface area (Å²) in [4.78, 5) is 42.5. The first-order valence-electron chi connectivity index (χ1n) is 8.43. The van der Waals surface area contributed by atoms with Gasteiger partial charge in [-0.3, -0.25) is 14.2 Å². The van der Waals surface area contributed by atoms with E-state index in [1.807, 2.05) is 41.8 Å². The molecule has 8 nitrogen and oxygen atoms in total. The third-order valence-corrected chi connectivity index (χ3v) is 6.29. The second-order valence-electron chi connectivity index (χ2n) is 6.67. The quantitative estimate of drug-likeness (QED) is 0.339. The van der Waals surface area contributed by atoms with Gasteiger partial charge in [-0.05, 0) is 24.6 Å². The molecule has 1 saturated carbocycles. The maximum absolute atomic E-state index is 11.8. The molecule has 0 spiro atoms. The second kappa shape index (κ2) is 6.04. The van der Waals surface area contributed by atoms with E-state index in [-0.39, 0.29) is 5.75 Å². The summed E-state index contributed by atoms with van der Waals surface area (Å²) in [5.74, 6) is -2.50. The summed E-state index contributed by atoms with van der Waals surface area (Å²) >= 11 is 0. The predicted octanol–water partition coefficient (Wildman–Crippen LogP) is 1.98. The van der Waals surface area contributed by atoms with Gasteiger partial charge in [0.05, 0.1) is 16.6 Å². The first-order chi connectivity index (χ1) is 13.2. The number of carbonyl (C=O) groups is 2. The highest BCUT2D eigenvalue weighted by Gasteiger charge is 2.80. The SMILES string of the molecule is Cc1c(N)c2c(OC3(P(=O)(O)O)C(=O)C3=O)cccc2n1Cc1ccccc1. The summed E-state index contributed by atoms with van der Waals surface area (Å²) < 4.78 is 19.1. The lowest BCUT2D eigenvalue weighted by molar-refractivity contribution is -0.122. The van der Waals surface area contributed by atoms with Crippen molar-refractivity contribution in [3.63, 3.8) is 0 Å². The molecule has 0 unspecified atom stereocenters. The van der Waals surface area contributed by atoms with Crippen molar-refractivity contribution in [2.75, 3.05) is 5.73 Å². The van der Waals surface area contributed by atoms with Crippen LogP contribution in [0.15, 0.2) is 48.5 Å². The van der Waals surface area contributed by atoms with E-state index in [1.54, 1.807) is 12.1 Å². The van der Waals surface area contributed by atoms with Crippen molar-refractivity contribution in [3.8, 4) is 5.75 Å². The van der Waals surface area contributed by atoms with Gasteiger partial charge in [-0.1, -0.05) is 36.4 Å². The van der Waals surface area contributed by atoms with Crippen LogP contribution < -0.4 is 10.5 Å². The van der Waals surface area contributed by atoms with Crippen molar-refractivity contribution in [3.05, 3.63) is 59.8 Å². The molecule has 4 N–H and O–H groups in total. The minimum absolute atomic E-state index is 0.0209. The molecule has 1 heterocycles. The number of hydrogen-bond donors (Lipinski definition) is 3. The zero-order chi connectivity index (χ0) is 20.3. The van der Waals surface area contributed by atoms with E-state index >= 15 is 0 Å². The van der Waals surface area contributed by atoms with Crippen LogP contribution in [0.25, 0.3) is 10.9 Å². The summed E-state index contributed by atoms with van der Waals surface area (Å²) in [5.41, 5.74) is 9.03. The van der Waals surface area contributed by atoms with Crippen LogP contribution in [0, 0.1) is 6.92 Å². The summed E-state index contributed by atoms with van der Waals surface area (Å²) in [6.07, 6.45) is 0. The highest BCUT2D eigenvalue weighted by Crippen LogP contribution is 2.60. The van der Waals surface area contributed by atoms with Crippen molar-refractivity contribution in [1.29, 1.82) is 0 Å². The highest BCUT2D eigenvalue weighted by molar-refractivity contribution is 7.59. The van der Waals surface area contributed by atoms with E-state index in [1.165, 1.54) is 6.07 Å². The number of rotatable bonds is 5. The smallest absolute Gasteiger partial charge is 0.385 e. The number of nitrogens with zero attached hydrogens (tertiary/aromatic N) is 1. The zero-order valence-electron chi connectivity index (χ0n) is 14.8. The fourth-order valence-electron chi connectivity index (χ4n) is 3.37. The Hall–Kier alpha value is -2.93. The number of hydrogen-bond acceptors (Lipinski definition) is 5. The number of benzene rings is 2. The molecule has 0 atom stereocenters. The van der Waals surface area contributed by atoms with Crippen LogP contribution in [0.2, 0.25) is 0 Å². The van der Waals surface area contributed by atoms with Crippen LogP contribution in [0.4, 0.5) is 5.69 Å². The molecule has 144 valence electrons. The van der Waals surface area contributed by atoms with Crippen molar-refractivity contribution >= 4 is 35.8 Å². The van der Waals surface area contributed by atoms with E-state index in [4.69, 9.17) is 10.5 Å². The van der Waals surface area contributed by atoms with Gasteiger partial charge in [0, 0.05) is 12.2 Å². The molecule has 0 bridgehead atoms. The monoisotopic (exact) mass is 400 g/mol. The maximum atomic E-state index is 11.8. The molecule has 0 radical (unpaired) electrons. The van der Waals surface area contributed by atoms with Crippen molar-refractivity contribution in [2.24, 2.45) is 0 Å². The van der Waals surface area contributed by atoms with Gasteiger partial charge in [0.15, 0.2) is 0 Å². The van der Waals surface area contributed by atoms with E-state index in [0.29, 0.717) is 23.1 Å². The normalized spacial score (nSPS) is 15.8. The number of aromatic nitrogens is 1. The molecule has 0 aliphatic heterocycles. The van der Waals surface area contributed by atoms with Gasteiger partial charge in [-0.2, -0.15) is 0 Å². The molecule has 1 aliphatic rings. The number of nitrogen functional groups attached to an aromatic ring is 1. The van der Waals surface area contributed by atoms with Gasteiger partial charge in [0.25, 0.3) is 11.6 Å². The topological polar surface area (TPSA) is 132 Å². The predicted molar refractivity (Wildman–Crippen MR) is 102 cm³/mol. The largest absolute Gasteiger partial charge is 0.458 e. The number of fused-ring (bicyclic) bond motifs is 1. The van der Waals surface area contributed by atoms with E-state index < -0.39 is 24.5 Å². The lowest BCUT2D eigenvalue weighted by atomic mass is 10.2. The molecule has 1 aromatic heterocycles. The van der Waals surface area contributed by atoms with Gasteiger partial charge in [0.2, 0.25) is 0 Å². The number of Topliss-reactive ketones (excluding diaryl/α,β-unsaturated/α-hetero) is 2. The van der Waals surface area contributed by atoms with Crippen LogP contribution in [0.5, 0.6) is 5.75 Å². The second-order valence-corrected chi connectivity index (χ2v) is 8.39. The molecular weight excluding hydrogens is 383 g/mol. The van der Waals surface area contributed by atoms with E-state index in [9.17, 15) is 23.9 Å². The number of ketones is 2. The summed E-state index contributed by atoms with van der Waals surface area (Å²) in [6.45, 7) is 2.33. The lowest BCUT2D eigenvalue weighted by Gasteiger charge is -2.16. The Balaban J connectivity index is 1.84. The number of ether oxygens (including phenoxy) is 1. The van der Waals surface area contributed by atoms with Gasteiger partial charge in [0.1, 0.15) is 5.75 Å². The molecular formula is C19H17N2O6P. The molecule has 0 amide bonds. The summed E-state index contributed by atoms with van der Waals surface area (Å²) in [6, 6.07) is 14.5. The number of carbonyl (C=O) groups excluding carboxylic acids is 2. The lowest BCUT2D eigenvalue weighted by Crippen LogP contribution is -2.24. The third-order valence-electron chi connectivity index (χ3n) is 4.97. The van der Waals surface area contributed by atoms with Crippen LogP contribution in [-0.4, -0.2) is 31.3 Å². The molecule has 4 rings (SSSR count). The highest BCUT2D eigenvalue weighted by atomic mass is 31.2. The van der Waals surface area contributed by atoms with E-state index in [2.05, 4.69) is 0 Å². The molecule has 0 saturated heterocycles. The minimum atomic E-state index is -5.16. The molecule has 2 aromatic carbocycles. The van der Waals surface area contributed by atoms with E-state index in [0.717, 1.165) is 11.3 Å². The van der Waals surface area contributed by atoms with Crippen molar-refractivity contribution in [1.82, 2.24) is 4.57 Å². The van der Waals surface area contributed by atoms with Gasteiger partial charge in [-0.25, -0.2) is 0 Å². The van der Waals surface area contributed by atoms with Crippen LogP contribution >= 0.6 is 7.60 Å². The van der Waals surface area contributed by atoms with Crippen LogP contribution in [0.3, 0.4) is 0 Å². The Kier molecular flexibility index (Phi) is 3.97. The Morgan fingerprint density at radius 1 is 1.07 bits per heavy atom. The molecule has 3 aromatic rings. The fourth-order valence-corrected chi connectivity index (χ4v) is 4.26. The third kappa shape index (κ3) is 2.50. The first-order valence-corrected chi connectivity index (χ1v) is 10.0. The van der Waals surface area contributed by atoms with Gasteiger partial charge in [-0.15, -0.1) is 0 Å². The summed E-state index contributed by atoms with van der Waals surface area (Å²) in [5, 5.41) is -2.36. The van der Waals surface area contributed by atoms with Crippen LogP contribution in [-0.2, 0) is 20.7 Å². The van der Waals surface area contributed by atoms with Crippen molar-refractivity contribution < 1.29 is 28.7 Å². The summed E-state index contributed by atoms with van der Waals surface area (Å²) in [7, 11) is -5.16. The average Bonchev–Trinajstić information content (AvgIpc) is 3.10. The average molecular weight is 400 g/mol. The standard InChI is InChI=1S/C19H17N2O6P/c1-11-16(20)15-13(21(11)10-12-6-3-2-4-7-12)8-5-9-14(15)27-19(28(24,25)26)17(22)18(19)23/h2-9H,10,20H2,1H3,(H2,24,25,26). The Bertz CT molecular complexity index is 1160. The Morgan fingerprint density at radius 3 is 2.29 bits per heavy atom. The number of nitrogens with two attached hydrogens (primary N) is 1. The zero-order valence-corrected chi connectivity index (χ0v) is 15.7. The molecule has 28 heavy (non-hydrogen) atoms. The Labute approximate surface area is 159 Å². The van der Waals surface area contributed by atoms with Crippen molar-refractivity contribution in [2.45, 2.75) is 18.8 Å². The van der Waals surface area contributed by atoms with Gasteiger partial charge < -0.3 is 24.8 Å². The molecule has 1 aliphatic carbocycles. The number of anilines is 1. The molecule has 1 fully saturated rings. The molecule has 9 heteroatoms. The Morgan fingerprint density at radius 2 is 1.71 bits per heavy atom. The van der Waals surface area contributed by atoms with Gasteiger partial charge >= 0.3 is 12.9 Å². The van der Waals surface area contributed by atoms with Crippen LogP contribution in [0.1, 0.15) is 11.3 Å². The first kappa shape index (κ1) is 18.4.